The molecule has 1 N–H and O–H groups in total. The minimum absolute atomic E-state index is 0.0402. The molecule has 0 saturated carbocycles. The first kappa shape index (κ1) is 18.3. The maximum Gasteiger partial charge on any atom is 0.288 e. The van der Waals surface area contributed by atoms with Gasteiger partial charge in [-0.1, -0.05) is 69.6 Å². The lowest BCUT2D eigenvalue weighted by Crippen LogP contribution is -2.05. The van der Waals surface area contributed by atoms with Gasteiger partial charge in [-0.3, -0.25) is 4.79 Å². The van der Waals surface area contributed by atoms with Gasteiger partial charge in [-0.05, 0) is 30.0 Å². The molecule has 0 spiro atoms. The molecule has 0 atom stereocenters. The number of hydrogen-bond acceptors (Lipinski definition) is 3. The zero-order valence-electron chi connectivity index (χ0n) is 10.3. The summed E-state index contributed by atoms with van der Waals surface area (Å²) in [5.74, 6) is 0. The number of thioether (sulfide) groups is 1. The number of carbonyl (C=O) groups excluding carboxylic acids is 1. The molecule has 2 aromatic rings. The molecule has 0 radical (unpaired) electrons. The van der Waals surface area contributed by atoms with E-state index >= 15 is 0 Å². The van der Waals surface area contributed by atoms with E-state index in [2.05, 4.69) is 10.3 Å². The molecular formula is C12H4Cl6N2OS. The van der Waals surface area contributed by atoms with E-state index in [0.29, 0.717) is 15.7 Å². The number of carbonyl (C=O) groups is 1. The number of rotatable bonds is 2. The molecule has 2 rings (SSSR count). The van der Waals surface area contributed by atoms with Gasteiger partial charge in [-0.2, -0.15) is 0 Å². The third kappa shape index (κ3) is 4.26. The van der Waals surface area contributed by atoms with Crippen LogP contribution in [0.4, 0.5) is 10.5 Å². The summed E-state index contributed by atoms with van der Waals surface area (Å²) in [4.78, 5) is 16.0. The van der Waals surface area contributed by atoms with Crippen molar-refractivity contribution in [1.29, 1.82) is 0 Å². The zero-order valence-corrected chi connectivity index (χ0v) is 15.6. The van der Waals surface area contributed by atoms with Crippen LogP contribution >= 0.6 is 81.4 Å². The van der Waals surface area contributed by atoms with E-state index in [9.17, 15) is 4.79 Å². The number of anilines is 1. The molecule has 0 unspecified atom stereocenters. The van der Waals surface area contributed by atoms with E-state index in [-0.39, 0.29) is 25.2 Å². The van der Waals surface area contributed by atoms with Crippen molar-refractivity contribution in [3.8, 4) is 0 Å². The lowest BCUT2D eigenvalue weighted by atomic mass is 10.3. The van der Waals surface area contributed by atoms with Gasteiger partial charge in [0.05, 0.1) is 25.7 Å². The van der Waals surface area contributed by atoms with Crippen molar-refractivity contribution >= 4 is 92.3 Å². The molecule has 10 heteroatoms. The average Bonchev–Trinajstić information content (AvgIpc) is 2.44. The SMILES string of the molecule is O=C(Nc1ccc(Cl)cc1Cl)Sc1c(Cl)c(Cl)nc(Cl)c1Cl. The molecule has 0 aliphatic rings. The topological polar surface area (TPSA) is 42.0 Å². The largest absolute Gasteiger partial charge is 0.315 e. The van der Waals surface area contributed by atoms with Crippen molar-refractivity contribution in [1.82, 2.24) is 4.98 Å². The zero-order chi connectivity index (χ0) is 16.4. The van der Waals surface area contributed by atoms with Gasteiger partial charge < -0.3 is 5.32 Å². The summed E-state index contributed by atoms with van der Waals surface area (Å²) >= 11 is 36.1. The van der Waals surface area contributed by atoms with Crippen LogP contribution < -0.4 is 5.32 Å². The summed E-state index contributed by atoms with van der Waals surface area (Å²) in [6, 6.07) is 4.66. The van der Waals surface area contributed by atoms with E-state index in [4.69, 9.17) is 69.6 Å². The third-order valence-corrected chi connectivity index (χ3v) is 5.47. The van der Waals surface area contributed by atoms with E-state index in [1.54, 1.807) is 12.1 Å². The van der Waals surface area contributed by atoms with E-state index in [1.807, 2.05) is 0 Å². The summed E-state index contributed by atoms with van der Waals surface area (Å²) < 4.78 is 0. The molecule has 0 aliphatic heterocycles. The highest BCUT2D eigenvalue weighted by molar-refractivity contribution is 8.14. The molecule has 1 aromatic carbocycles. The normalized spacial score (nSPS) is 10.6. The Morgan fingerprint density at radius 3 is 2.14 bits per heavy atom. The summed E-state index contributed by atoms with van der Waals surface area (Å²) in [5, 5.41) is 2.85. The summed E-state index contributed by atoms with van der Waals surface area (Å²) in [5.41, 5.74) is 0.391. The quantitative estimate of drug-likeness (QED) is 0.396. The standard InChI is InChI=1S/C12H4Cl6N2OS/c13-4-1-2-6(5(14)3-4)19-12(21)22-9-7(15)10(17)20-11(18)8(9)16/h1-3H,(H,19,21). The van der Waals surface area contributed by atoms with Crippen LogP contribution in [0, 0.1) is 0 Å². The Morgan fingerprint density at radius 1 is 1.00 bits per heavy atom. The number of aromatic nitrogens is 1. The molecule has 0 aliphatic carbocycles. The Labute approximate surface area is 160 Å². The third-order valence-electron chi connectivity index (χ3n) is 2.32. The fraction of sp³-hybridized carbons (Fsp3) is 0. The second-order valence-corrected chi connectivity index (χ2v) is 7.09. The van der Waals surface area contributed by atoms with Crippen LogP contribution in [0.5, 0.6) is 0 Å². The molecule has 1 amide bonds. The van der Waals surface area contributed by atoms with E-state index < -0.39 is 5.24 Å². The van der Waals surface area contributed by atoms with Crippen molar-refractivity contribution in [2.45, 2.75) is 4.90 Å². The highest BCUT2D eigenvalue weighted by Crippen LogP contribution is 2.41. The van der Waals surface area contributed by atoms with Gasteiger partial charge in [0, 0.05) is 5.02 Å². The molecular weight excluding hydrogens is 433 g/mol. The molecule has 0 saturated heterocycles. The van der Waals surface area contributed by atoms with Crippen LogP contribution in [0.1, 0.15) is 0 Å². The Hall–Kier alpha value is -0.0700. The number of hydrogen-bond donors (Lipinski definition) is 1. The second kappa shape index (κ2) is 7.67. The van der Waals surface area contributed by atoms with Crippen molar-refractivity contribution < 1.29 is 4.79 Å². The van der Waals surface area contributed by atoms with Crippen LogP contribution in [-0.4, -0.2) is 10.2 Å². The van der Waals surface area contributed by atoms with Gasteiger partial charge in [-0.25, -0.2) is 4.98 Å². The molecule has 3 nitrogen and oxygen atoms in total. The van der Waals surface area contributed by atoms with Crippen LogP contribution in [0.2, 0.25) is 30.4 Å². The molecule has 1 aromatic heterocycles. The molecule has 0 bridgehead atoms. The Morgan fingerprint density at radius 2 is 1.59 bits per heavy atom. The predicted molar refractivity (Wildman–Crippen MR) is 95.6 cm³/mol. The number of pyridine rings is 1. The highest BCUT2D eigenvalue weighted by Gasteiger charge is 2.19. The van der Waals surface area contributed by atoms with Gasteiger partial charge >= 0.3 is 0 Å². The Kier molecular flexibility index (Phi) is 6.37. The maximum atomic E-state index is 12.1. The van der Waals surface area contributed by atoms with Crippen LogP contribution in [-0.2, 0) is 0 Å². The fourth-order valence-corrected chi connectivity index (χ4v) is 3.62. The van der Waals surface area contributed by atoms with Gasteiger partial charge in [0.15, 0.2) is 10.3 Å². The number of amides is 1. The lowest BCUT2D eigenvalue weighted by Gasteiger charge is -2.10. The number of halogens is 6. The van der Waals surface area contributed by atoms with Crippen LogP contribution in [0.3, 0.4) is 0 Å². The average molecular weight is 437 g/mol. The lowest BCUT2D eigenvalue weighted by molar-refractivity contribution is 0.270. The minimum atomic E-state index is -0.480. The van der Waals surface area contributed by atoms with Crippen LogP contribution in [0.25, 0.3) is 0 Å². The first-order valence-electron chi connectivity index (χ1n) is 5.43. The molecule has 22 heavy (non-hydrogen) atoms. The fourth-order valence-electron chi connectivity index (χ4n) is 1.38. The first-order chi connectivity index (χ1) is 10.3. The monoisotopic (exact) mass is 434 g/mol. The van der Waals surface area contributed by atoms with Gasteiger partial charge in [0.1, 0.15) is 0 Å². The summed E-state index contributed by atoms with van der Waals surface area (Å²) in [7, 11) is 0. The van der Waals surface area contributed by atoms with E-state index in [1.165, 1.54) is 6.07 Å². The Balaban J connectivity index is 2.23. The summed E-state index contributed by atoms with van der Waals surface area (Å²) in [6.45, 7) is 0. The molecule has 116 valence electrons. The van der Waals surface area contributed by atoms with Crippen molar-refractivity contribution in [3.05, 3.63) is 48.6 Å². The first-order valence-corrected chi connectivity index (χ1v) is 8.52. The minimum Gasteiger partial charge on any atom is -0.315 e. The predicted octanol–water partition coefficient (Wildman–Crippen LogP) is 7.33. The summed E-state index contributed by atoms with van der Waals surface area (Å²) in [6.07, 6.45) is 0. The number of nitrogens with one attached hydrogen (secondary N) is 1. The van der Waals surface area contributed by atoms with Crippen LogP contribution in [0.15, 0.2) is 23.1 Å². The van der Waals surface area contributed by atoms with Crippen molar-refractivity contribution in [2.24, 2.45) is 0 Å². The van der Waals surface area contributed by atoms with Gasteiger partial charge in [0.2, 0.25) is 0 Å². The highest BCUT2D eigenvalue weighted by atomic mass is 35.5. The van der Waals surface area contributed by atoms with Gasteiger partial charge in [0.25, 0.3) is 5.24 Å². The molecule has 0 fully saturated rings. The van der Waals surface area contributed by atoms with E-state index in [0.717, 1.165) is 11.8 Å². The number of benzene rings is 1. The molecule has 1 heterocycles. The maximum absolute atomic E-state index is 12.1. The van der Waals surface area contributed by atoms with Crippen molar-refractivity contribution in [2.75, 3.05) is 5.32 Å². The smallest absolute Gasteiger partial charge is 0.288 e. The van der Waals surface area contributed by atoms with Crippen molar-refractivity contribution in [3.63, 3.8) is 0 Å². The Bertz CT molecular complexity index is 729. The second-order valence-electron chi connectivity index (χ2n) is 3.79. The number of nitrogens with zero attached hydrogens (tertiary/aromatic N) is 1. The van der Waals surface area contributed by atoms with Gasteiger partial charge in [-0.15, -0.1) is 0 Å².